The van der Waals surface area contributed by atoms with Gasteiger partial charge in [-0.2, -0.15) is 10.2 Å². The molecule has 36 heavy (non-hydrogen) atoms. The SMILES string of the molecule is COc1ccccc1NS(=O)(=O)c1cccc(C(=O)N/N=C/c2c(C)nn(-c3ccccc3)c2Cl)c1. The van der Waals surface area contributed by atoms with Crippen LogP contribution in [0.4, 0.5) is 5.69 Å². The summed E-state index contributed by atoms with van der Waals surface area (Å²) >= 11 is 6.47. The van der Waals surface area contributed by atoms with E-state index in [1.165, 1.54) is 37.6 Å². The fraction of sp³-hybridized carbons (Fsp3) is 0.0800. The van der Waals surface area contributed by atoms with E-state index in [2.05, 4.69) is 20.3 Å². The van der Waals surface area contributed by atoms with E-state index in [4.69, 9.17) is 16.3 Å². The van der Waals surface area contributed by atoms with Crippen LogP contribution in [0.25, 0.3) is 5.69 Å². The summed E-state index contributed by atoms with van der Waals surface area (Å²) in [6, 6.07) is 21.6. The molecular formula is C25H22ClN5O4S. The normalized spacial score (nSPS) is 11.4. The number of halogens is 1. The zero-order valence-electron chi connectivity index (χ0n) is 19.3. The van der Waals surface area contributed by atoms with Crippen molar-refractivity contribution in [1.29, 1.82) is 0 Å². The Morgan fingerprint density at radius 3 is 2.53 bits per heavy atom. The van der Waals surface area contributed by atoms with Crippen LogP contribution in [-0.2, 0) is 10.0 Å². The minimum absolute atomic E-state index is 0.0898. The van der Waals surface area contributed by atoms with Crippen molar-refractivity contribution in [3.05, 3.63) is 101 Å². The van der Waals surface area contributed by atoms with Gasteiger partial charge in [-0.3, -0.25) is 9.52 Å². The molecule has 1 heterocycles. The number of amides is 1. The van der Waals surface area contributed by atoms with Gasteiger partial charge in [0.15, 0.2) is 0 Å². The molecule has 4 aromatic rings. The van der Waals surface area contributed by atoms with Crippen molar-refractivity contribution in [1.82, 2.24) is 15.2 Å². The van der Waals surface area contributed by atoms with E-state index in [0.29, 0.717) is 22.2 Å². The average molecular weight is 524 g/mol. The fourth-order valence-corrected chi connectivity index (χ4v) is 4.79. The molecule has 184 valence electrons. The number of methoxy groups -OCH3 is 1. The van der Waals surface area contributed by atoms with E-state index >= 15 is 0 Å². The predicted molar refractivity (Wildman–Crippen MR) is 139 cm³/mol. The lowest BCUT2D eigenvalue weighted by atomic mass is 10.2. The summed E-state index contributed by atoms with van der Waals surface area (Å²) in [6.45, 7) is 1.78. The van der Waals surface area contributed by atoms with Gasteiger partial charge in [0, 0.05) is 5.56 Å². The Morgan fingerprint density at radius 2 is 1.78 bits per heavy atom. The van der Waals surface area contributed by atoms with Crippen LogP contribution >= 0.6 is 11.6 Å². The van der Waals surface area contributed by atoms with Crippen LogP contribution in [0, 0.1) is 6.92 Å². The van der Waals surface area contributed by atoms with E-state index in [1.54, 1.807) is 35.9 Å². The van der Waals surface area contributed by atoms with Gasteiger partial charge in [0.1, 0.15) is 10.9 Å². The van der Waals surface area contributed by atoms with E-state index < -0.39 is 15.9 Å². The third-order valence-corrected chi connectivity index (χ3v) is 6.89. The maximum absolute atomic E-state index is 12.9. The zero-order valence-corrected chi connectivity index (χ0v) is 20.9. The first-order valence-electron chi connectivity index (χ1n) is 10.7. The number of para-hydroxylation sites is 3. The second-order valence-electron chi connectivity index (χ2n) is 7.57. The number of benzene rings is 3. The smallest absolute Gasteiger partial charge is 0.271 e. The lowest BCUT2D eigenvalue weighted by Gasteiger charge is -2.12. The summed E-state index contributed by atoms with van der Waals surface area (Å²) in [4.78, 5) is 12.6. The van der Waals surface area contributed by atoms with Crippen molar-refractivity contribution < 1.29 is 17.9 Å². The van der Waals surface area contributed by atoms with Gasteiger partial charge in [0.05, 0.1) is 40.9 Å². The number of nitrogens with one attached hydrogen (secondary N) is 2. The van der Waals surface area contributed by atoms with Crippen molar-refractivity contribution in [2.45, 2.75) is 11.8 Å². The van der Waals surface area contributed by atoms with E-state index in [1.807, 2.05) is 30.3 Å². The summed E-state index contributed by atoms with van der Waals surface area (Å²) < 4.78 is 35.0. The van der Waals surface area contributed by atoms with Gasteiger partial charge >= 0.3 is 0 Å². The summed E-state index contributed by atoms with van der Waals surface area (Å²) in [5.41, 5.74) is 4.74. The first-order chi connectivity index (χ1) is 17.3. The molecule has 1 amide bonds. The Balaban J connectivity index is 1.50. The molecule has 1 aromatic heterocycles. The number of nitrogens with zero attached hydrogens (tertiary/aromatic N) is 3. The molecular weight excluding hydrogens is 502 g/mol. The molecule has 4 rings (SSSR count). The average Bonchev–Trinajstić information content (AvgIpc) is 3.17. The minimum Gasteiger partial charge on any atom is -0.495 e. The molecule has 0 unspecified atom stereocenters. The van der Waals surface area contributed by atoms with Crippen LogP contribution in [0.5, 0.6) is 5.75 Å². The van der Waals surface area contributed by atoms with Crippen molar-refractivity contribution in [3.63, 3.8) is 0 Å². The molecule has 0 radical (unpaired) electrons. The summed E-state index contributed by atoms with van der Waals surface area (Å²) in [6.07, 6.45) is 1.39. The van der Waals surface area contributed by atoms with Crippen molar-refractivity contribution in [3.8, 4) is 11.4 Å². The van der Waals surface area contributed by atoms with Crippen LogP contribution in [0.1, 0.15) is 21.6 Å². The number of carbonyl (C=O) groups is 1. The van der Waals surface area contributed by atoms with E-state index in [-0.39, 0.29) is 16.1 Å². The number of anilines is 1. The highest BCUT2D eigenvalue weighted by molar-refractivity contribution is 7.92. The minimum atomic E-state index is -3.98. The number of aryl methyl sites for hydroxylation is 1. The van der Waals surface area contributed by atoms with Gasteiger partial charge in [-0.05, 0) is 49.4 Å². The second kappa shape index (κ2) is 10.6. The van der Waals surface area contributed by atoms with Crippen LogP contribution < -0.4 is 14.9 Å². The maximum Gasteiger partial charge on any atom is 0.271 e. The molecule has 11 heteroatoms. The van der Waals surface area contributed by atoms with Crippen LogP contribution in [0.3, 0.4) is 0 Å². The third-order valence-electron chi connectivity index (χ3n) is 5.17. The molecule has 0 saturated heterocycles. The lowest BCUT2D eigenvalue weighted by molar-refractivity contribution is 0.0955. The quantitative estimate of drug-likeness (QED) is 0.262. The Hall–Kier alpha value is -4.15. The second-order valence-corrected chi connectivity index (χ2v) is 9.61. The standard InChI is InChI=1S/C25H22ClN5O4S/c1-17-21(24(26)31(29-17)19-10-4-3-5-11-19)16-27-28-25(32)18-9-8-12-20(15-18)36(33,34)30-22-13-6-7-14-23(22)35-2/h3-16,30H,1-2H3,(H,28,32)/b27-16+. The first-order valence-corrected chi connectivity index (χ1v) is 12.6. The molecule has 0 aliphatic heterocycles. The number of hydrazone groups is 1. The highest BCUT2D eigenvalue weighted by Gasteiger charge is 2.18. The first kappa shape index (κ1) is 25.0. The maximum atomic E-state index is 12.9. The highest BCUT2D eigenvalue weighted by atomic mass is 35.5. The molecule has 0 atom stereocenters. The molecule has 2 N–H and O–H groups in total. The third kappa shape index (κ3) is 5.40. The van der Waals surface area contributed by atoms with Gasteiger partial charge in [-0.25, -0.2) is 18.5 Å². The number of ether oxygens (including phenoxy) is 1. The molecule has 0 aliphatic carbocycles. The Labute approximate surface area is 213 Å². The van der Waals surface area contributed by atoms with Crippen molar-refractivity contribution >= 4 is 39.4 Å². The molecule has 9 nitrogen and oxygen atoms in total. The number of hydrogen-bond donors (Lipinski definition) is 2. The Morgan fingerprint density at radius 1 is 1.06 bits per heavy atom. The number of rotatable bonds is 8. The molecule has 0 fully saturated rings. The summed E-state index contributed by atoms with van der Waals surface area (Å²) in [5.74, 6) is -0.223. The lowest BCUT2D eigenvalue weighted by Crippen LogP contribution is -2.19. The number of aromatic nitrogens is 2. The Kier molecular flexibility index (Phi) is 7.37. The molecule has 0 aliphatic rings. The van der Waals surface area contributed by atoms with Gasteiger partial charge in [0.2, 0.25) is 0 Å². The predicted octanol–water partition coefficient (Wildman–Crippen LogP) is 4.41. The van der Waals surface area contributed by atoms with Gasteiger partial charge in [-0.15, -0.1) is 0 Å². The van der Waals surface area contributed by atoms with E-state index in [9.17, 15) is 13.2 Å². The number of carbonyl (C=O) groups excluding carboxylic acids is 1. The van der Waals surface area contributed by atoms with Gasteiger partial charge in [0.25, 0.3) is 15.9 Å². The Bertz CT molecular complexity index is 1540. The largest absolute Gasteiger partial charge is 0.495 e. The molecule has 0 saturated carbocycles. The van der Waals surface area contributed by atoms with E-state index in [0.717, 1.165) is 5.69 Å². The molecule has 0 bridgehead atoms. The van der Waals surface area contributed by atoms with Crippen LogP contribution in [0.2, 0.25) is 5.15 Å². The van der Waals surface area contributed by atoms with Crippen LogP contribution in [-0.4, -0.2) is 37.4 Å². The molecule has 3 aromatic carbocycles. The monoisotopic (exact) mass is 523 g/mol. The van der Waals surface area contributed by atoms with Crippen LogP contribution in [0.15, 0.2) is 88.9 Å². The summed E-state index contributed by atoms with van der Waals surface area (Å²) in [5, 5.41) is 8.74. The highest BCUT2D eigenvalue weighted by Crippen LogP contribution is 2.26. The number of sulfonamides is 1. The number of hydrogen-bond acceptors (Lipinski definition) is 6. The topological polar surface area (TPSA) is 115 Å². The zero-order chi connectivity index (χ0) is 25.7. The molecule has 0 spiro atoms. The van der Waals surface area contributed by atoms with Gasteiger partial charge < -0.3 is 4.74 Å². The summed E-state index contributed by atoms with van der Waals surface area (Å²) in [7, 11) is -2.53. The van der Waals surface area contributed by atoms with Crippen molar-refractivity contribution in [2.75, 3.05) is 11.8 Å². The van der Waals surface area contributed by atoms with Gasteiger partial charge in [-0.1, -0.05) is 48.0 Å². The fourth-order valence-electron chi connectivity index (χ4n) is 3.36. The van der Waals surface area contributed by atoms with Crippen molar-refractivity contribution in [2.24, 2.45) is 5.10 Å².